The monoisotopic (exact) mass is 203 g/mol. The van der Waals surface area contributed by atoms with E-state index in [9.17, 15) is 0 Å². The van der Waals surface area contributed by atoms with Crippen molar-refractivity contribution < 1.29 is 14.4 Å². The molecule has 0 aliphatic rings. The van der Waals surface area contributed by atoms with Crippen molar-refractivity contribution in [2.45, 2.75) is 47.1 Å². The quantitative estimate of drug-likeness (QED) is 0.629. The molecule has 0 aromatic rings. The summed E-state index contributed by atoms with van der Waals surface area (Å²) in [7, 11) is 2.32. The average Bonchev–Trinajstić information content (AvgIpc) is 2.00. The lowest BCUT2D eigenvalue weighted by molar-refractivity contribution is -0.950. The smallest absolute Gasteiger partial charge is 0.0905 e. The lowest BCUT2D eigenvalue weighted by Crippen LogP contribution is -2.56. The summed E-state index contributed by atoms with van der Waals surface area (Å²) in [6, 6.07) is 0. The van der Waals surface area contributed by atoms with E-state index in [2.05, 4.69) is 41.7 Å². The minimum absolute atomic E-state index is 0.392. The van der Waals surface area contributed by atoms with Gasteiger partial charge in [0.05, 0.1) is 25.7 Å². The zero-order valence-corrected chi connectivity index (χ0v) is 10.7. The van der Waals surface area contributed by atoms with Crippen molar-refractivity contribution in [1.82, 2.24) is 0 Å². The van der Waals surface area contributed by atoms with Crippen LogP contribution in [0.4, 0.5) is 0 Å². The van der Waals surface area contributed by atoms with Gasteiger partial charge in [-0.3, -0.25) is 0 Å². The van der Waals surface area contributed by atoms with E-state index in [1.165, 1.54) is 13.1 Å². The summed E-state index contributed by atoms with van der Waals surface area (Å²) in [4.78, 5) is 8.89. The Morgan fingerprint density at radius 1 is 1.21 bits per heavy atom. The molecule has 86 valence electrons. The van der Waals surface area contributed by atoms with E-state index in [0.717, 1.165) is 11.4 Å². The van der Waals surface area contributed by atoms with Crippen LogP contribution in [-0.4, -0.2) is 36.1 Å². The van der Waals surface area contributed by atoms with Crippen molar-refractivity contribution in [2.24, 2.45) is 0 Å². The van der Waals surface area contributed by atoms with Crippen molar-refractivity contribution in [3.8, 4) is 0 Å². The predicted molar refractivity (Wildman–Crippen MR) is 57.7 cm³/mol. The summed E-state index contributed by atoms with van der Waals surface area (Å²) in [6.45, 7) is 14.9. The van der Waals surface area contributed by atoms with Gasteiger partial charge in [0, 0.05) is 5.97 Å². The number of carbonyl (C=O) groups excluding carboxylic acids is 1. The Kier molecular flexibility index (Phi) is 6.82. The summed E-state index contributed by atoms with van der Waals surface area (Å²) in [6.07, 6.45) is 0. The molecule has 0 saturated carbocycles. The summed E-state index contributed by atoms with van der Waals surface area (Å²) in [5.41, 5.74) is 0.392. The molecule has 0 atom stereocenters. The largest absolute Gasteiger partial charge is 0.550 e. The maximum atomic E-state index is 8.89. The van der Waals surface area contributed by atoms with Gasteiger partial charge in [0.25, 0.3) is 0 Å². The van der Waals surface area contributed by atoms with E-state index in [1.54, 1.807) is 0 Å². The van der Waals surface area contributed by atoms with Crippen molar-refractivity contribution in [3.63, 3.8) is 0 Å². The maximum Gasteiger partial charge on any atom is 0.0905 e. The molecule has 0 rings (SSSR count). The molecule has 0 fully saturated rings. The molecule has 14 heavy (non-hydrogen) atoms. The molecule has 0 unspecified atom stereocenters. The first kappa shape index (κ1) is 15.9. The van der Waals surface area contributed by atoms with E-state index in [-0.39, 0.29) is 0 Å². The first-order valence-electron chi connectivity index (χ1n) is 5.13. The van der Waals surface area contributed by atoms with Gasteiger partial charge < -0.3 is 14.4 Å². The molecule has 0 heterocycles. The Labute approximate surface area is 88.3 Å². The molecule has 0 spiro atoms. The van der Waals surface area contributed by atoms with Crippen LogP contribution in [0.2, 0.25) is 0 Å². The average molecular weight is 203 g/mol. The Morgan fingerprint density at radius 3 is 1.43 bits per heavy atom. The summed E-state index contributed by atoms with van der Waals surface area (Å²) in [5.74, 6) is -1.08. The predicted octanol–water partition coefficient (Wildman–Crippen LogP) is 1.03. The molecule has 0 amide bonds. The number of hydrogen-bond acceptors (Lipinski definition) is 2. The number of carboxylic acid groups (broad SMARTS) is 1. The fraction of sp³-hybridized carbons (Fsp3) is 0.909. The SMILES string of the molecule is CC(=O)[O-].CC[N+](C)(CC)C(C)(C)C. The third kappa shape index (κ3) is 5.97. The van der Waals surface area contributed by atoms with Gasteiger partial charge in [0.15, 0.2) is 0 Å². The number of rotatable bonds is 2. The second kappa shape index (κ2) is 6.02. The zero-order valence-electron chi connectivity index (χ0n) is 10.7. The second-order valence-electron chi connectivity index (χ2n) is 4.69. The van der Waals surface area contributed by atoms with Gasteiger partial charge in [-0.2, -0.15) is 0 Å². The van der Waals surface area contributed by atoms with Crippen LogP contribution in [0.25, 0.3) is 0 Å². The molecule has 3 nitrogen and oxygen atoms in total. The highest BCUT2D eigenvalue weighted by atomic mass is 16.4. The number of carboxylic acids is 1. The second-order valence-corrected chi connectivity index (χ2v) is 4.69. The third-order valence-electron chi connectivity index (χ3n) is 3.02. The van der Waals surface area contributed by atoms with E-state index >= 15 is 0 Å². The number of hydrogen-bond donors (Lipinski definition) is 0. The molecule has 0 radical (unpaired) electrons. The van der Waals surface area contributed by atoms with Crippen molar-refractivity contribution in [1.29, 1.82) is 0 Å². The van der Waals surface area contributed by atoms with Crippen LogP contribution in [0.3, 0.4) is 0 Å². The van der Waals surface area contributed by atoms with Crippen molar-refractivity contribution >= 4 is 5.97 Å². The fourth-order valence-corrected chi connectivity index (χ4v) is 1.17. The molecule has 0 bridgehead atoms. The Balaban J connectivity index is 0. The summed E-state index contributed by atoms with van der Waals surface area (Å²) in [5, 5.41) is 8.89. The minimum Gasteiger partial charge on any atom is -0.550 e. The fourth-order valence-electron chi connectivity index (χ4n) is 1.17. The van der Waals surface area contributed by atoms with Gasteiger partial charge in [0.2, 0.25) is 0 Å². The number of nitrogens with zero attached hydrogens (tertiary/aromatic N) is 1. The maximum absolute atomic E-state index is 8.89. The molecule has 0 aliphatic carbocycles. The lowest BCUT2D eigenvalue weighted by atomic mass is 10.0. The van der Waals surface area contributed by atoms with Crippen molar-refractivity contribution in [2.75, 3.05) is 20.1 Å². The lowest BCUT2D eigenvalue weighted by Gasteiger charge is -2.44. The van der Waals surface area contributed by atoms with Gasteiger partial charge in [-0.25, -0.2) is 0 Å². The molecule has 0 aliphatic heterocycles. The van der Waals surface area contributed by atoms with Crippen LogP contribution >= 0.6 is 0 Å². The third-order valence-corrected chi connectivity index (χ3v) is 3.02. The van der Waals surface area contributed by atoms with Crippen molar-refractivity contribution in [3.05, 3.63) is 0 Å². The molecule has 0 aromatic heterocycles. The van der Waals surface area contributed by atoms with Gasteiger partial charge in [-0.1, -0.05) is 0 Å². The first-order chi connectivity index (χ1) is 6.10. The number of aliphatic carboxylic acids is 1. The Hall–Kier alpha value is -0.570. The highest BCUT2D eigenvalue weighted by Crippen LogP contribution is 2.20. The number of quaternary nitrogens is 1. The van der Waals surface area contributed by atoms with E-state index < -0.39 is 5.97 Å². The Morgan fingerprint density at radius 2 is 1.43 bits per heavy atom. The topological polar surface area (TPSA) is 40.1 Å². The van der Waals surface area contributed by atoms with Crippen LogP contribution < -0.4 is 5.11 Å². The van der Waals surface area contributed by atoms with Crippen LogP contribution in [0.15, 0.2) is 0 Å². The van der Waals surface area contributed by atoms with E-state index in [1.807, 2.05) is 0 Å². The van der Waals surface area contributed by atoms with Crippen LogP contribution in [0.5, 0.6) is 0 Å². The highest BCUT2D eigenvalue weighted by Gasteiger charge is 2.32. The van der Waals surface area contributed by atoms with E-state index in [4.69, 9.17) is 9.90 Å². The molecular formula is C11H25NO2. The molecule has 3 heteroatoms. The molecule has 0 N–H and O–H groups in total. The standard InChI is InChI=1S/C9H22N.C2H4O2/c1-7-10(6,8-2)9(3,4)5;1-2(3)4/h7-8H2,1-6H3;1H3,(H,3,4)/q+1;/p-1. The molecular weight excluding hydrogens is 178 g/mol. The number of carbonyl (C=O) groups is 1. The van der Waals surface area contributed by atoms with Gasteiger partial charge >= 0.3 is 0 Å². The molecule has 0 aromatic carbocycles. The zero-order chi connectivity index (χ0) is 12.0. The van der Waals surface area contributed by atoms with Gasteiger partial charge in [-0.15, -0.1) is 0 Å². The van der Waals surface area contributed by atoms with Crippen LogP contribution in [-0.2, 0) is 4.79 Å². The highest BCUT2D eigenvalue weighted by molar-refractivity contribution is 5.60. The first-order valence-corrected chi connectivity index (χ1v) is 5.13. The molecule has 0 saturated heterocycles. The van der Waals surface area contributed by atoms with Crippen LogP contribution in [0, 0.1) is 0 Å². The summed E-state index contributed by atoms with van der Waals surface area (Å²) >= 11 is 0. The Bertz CT molecular complexity index is 163. The van der Waals surface area contributed by atoms with E-state index in [0.29, 0.717) is 5.54 Å². The van der Waals surface area contributed by atoms with Crippen LogP contribution in [0.1, 0.15) is 41.5 Å². The summed E-state index contributed by atoms with van der Waals surface area (Å²) < 4.78 is 1.16. The van der Waals surface area contributed by atoms with Gasteiger partial charge in [0.1, 0.15) is 0 Å². The normalized spacial score (nSPS) is 11.6. The van der Waals surface area contributed by atoms with Gasteiger partial charge in [-0.05, 0) is 41.5 Å². The minimum atomic E-state index is -1.08.